The summed E-state index contributed by atoms with van der Waals surface area (Å²) in [5.41, 5.74) is 1.87. The van der Waals surface area contributed by atoms with Crippen LogP contribution in [0.3, 0.4) is 0 Å². The molecule has 0 radical (unpaired) electrons. The van der Waals surface area contributed by atoms with Gasteiger partial charge in [0.25, 0.3) is 0 Å². The van der Waals surface area contributed by atoms with Crippen LogP contribution in [0.15, 0.2) is 24.3 Å². The summed E-state index contributed by atoms with van der Waals surface area (Å²) in [4.78, 5) is 29.0. The maximum Gasteiger partial charge on any atom is 0.249 e. The van der Waals surface area contributed by atoms with Crippen molar-refractivity contribution in [3.8, 4) is 0 Å². The van der Waals surface area contributed by atoms with Crippen molar-refractivity contribution in [2.75, 3.05) is 13.2 Å². The van der Waals surface area contributed by atoms with Crippen molar-refractivity contribution < 1.29 is 14.3 Å². The first-order chi connectivity index (χ1) is 13.2. The number of nitrogens with zero attached hydrogens (tertiary/aromatic N) is 2. The number of amides is 2. The normalized spacial score (nSPS) is 19.3. The van der Waals surface area contributed by atoms with Gasteiger partial charge in [-0.05, 0) is 44.2 Å². The Morgan fingerprint density at radius 3 is 2.85 bits per heavy atom. The molecule has 2 amide bonds. The van der Waals surface area contributed by atoms with Gasteiger partial charge in [0, 0.05) is 25.6 Å². The van der Waals surface area contributed by atoms with Crippen molar-refractivity contribution in [1.82, 2.24) is 20.2 Å². The lowest BCUT2D eigenvalue weighted by Crippen LogP contribution is -2.35. The first kappa shape index (κ1) is 18.0. The van der Waals surface area contributed by atoms with Crippen LogP contribution in [0.4, 0.5) is 0 Å². The summed E-state index contributed by atoms with van der Waals surface area (Å²) in [5, 5.41) is 5.98. The van der Waals surface area contributed by atoms with Gasteiger partial charge in [-0.2, -0.15) is 0 Å². The van der Waals surface area contributed by atoms with Crippen LogP contribution in [0.1, 0.15) is 37.9 Å². The van der Waals surface area contributed by atoms with E-state index in [9.17, 15) is 9.59 Å². The summed E-state index contributed by atoms with van der Waals surface area (Å²) in [7, 11) is 0. The molecule has 2 aromatic rings. The second kappa shape index (κ2) is 8.08. The molecular formula is C20H26N4O3. The number of carbonyl (C=O) groups is 2. The van der Waals surface area contributed by atoms with Gasteiger partial charge in [0.2, 0.25) is 11.8 Å². The third-order valence-electron chi connectivity index (χ3n) is 5.08. The molecule has 1 aliphatic carbocycles. The van der Waals surface area contributed by atoms with Gasteiger partial charge in [-0.1, -0.05) is 12.1 Å². The molecular weight excluding hydrogens is 344 g/mol. The van der Waals surface area contributed by atoms with Gasteiger partial charge in [-0.3, -0.25) is 9.59 Å². The molecule has 0 spiro atoms. The van der Waals surface area contributed by atoms with Crippen LogP contribution >= 0.6 is 0 Å². The molecule has 7 nitrogen and oxygen atoms in total. The molecule has 1 unspecified atom stereocenters. The van der Waals surface area contributed by atoms with E-state index >= 15 is 0 Å². The first-order valence-corrected chi connectivity index (χ1v) is 9.83. The van der Waals surface area contributed by atoms with E-state index in [0.717, 1.165) is 49.0 Å². The van der Waals surface area contributed by atoms with E-state index in [1.54, 1.807) is 0 Å². The number of aromatic nitrogens is 2. The minimum Gasteiger partial charge on any atom is -0.368 e. The maximum atomic E-state index is 12.3. The summed E-state index contributed by atoms with van der Waals surface area (Å²) in [6, 6.07) is 8.23. The van der Waals surface area contributed by atoms with E-state index < -0.39 is 0 Å². The van der Waals surface area contributed by atoms with Crippen LogP contribution in [-0.2, 0) is 27.3 Å². The van der Waals surface area contributed by atoms with Crippen LogP contribution in [0.2, 0.25) is 0 Å². The summed E-state index contributed by atoms with van der Waals surface area (Å²) in [6.45, 7) is 1.54. The van der Waals surface area contributed by atoms with E-state index in [4.69, 9.17) is 9.72 Å². The fourth-order valence-electron chi connectivity index (χ4n) is 3.49. The number of rotatable bonds is 8. The quantitative estimate of drug-likeness (QED) is 0.691. The SMILES string of the molecule is O=C(Cn1c(CCCNC(=O)C2CCCO2)nc2ccccc21)NC1CC1. The Hall–Kier alpha value is -2.41. The van der Waals surface area contributed by atoms with Gasteiger partial charge in [0.05, 0.1) is 11.0 Å². The number of benzene rings is 1. The van der Waals surface area contributed by atoms with Gasteiger partial charge >= 0.3 is 0 Å². The zero-order chi connectivity index (χ0) is 18.6. The molecule has 2 heterocycles. The zero-order valence-electron chi connectivity index (χ0n) is 15.4. The fraction of sp³-hybridized carbons (Fsp3) is 0.550. The molecule has 1 aliphatic heterocycles. The lowest BCUT2D eigenvalue weighted by atomic mass is 10.2. The van der Waals surface area contributed by atoms with Gasteiger partial charge in [0.1, 0.15) is 18.5 Å². The van der Waals surface area contributed by atoms with Crippen LogP contribution in [-0.4, -0.2) is 46.7 Å². The minimum absolute atomic E-state index is 0.0233. The lowest BCUT2D eigenvalue weighted by molar-refractivity contribution is -0.130. The number of nitrogens with one attached hydrogen (secondary N) is 2. The van der Waals surface area contributed by atoms with E-state index in [-0.39, 0.29) is 24.5 Å². The van der Waals surface area contributed by atoms with Gasteiger partial charge in [-0.15, -0.1) is 0 Å². The smallest absolute Gasteiger partial charge is 0.249 e. The van der Waals surface area contributed by atoms with E-state index in [2.05, 4.69) is 10.6 Å². The van der Waals surface area contributed by atoms with Crippen LogP contribution in [0.25, 0.3) is 11.0 Å². The highest BCUT2D eigenvalue weighted by Gasteiger charge is 2.24. The van der Waals surface area contributed by atoms with Crippen LogP contribution in [0.5, 0.6) is 0 Å². The molecule has 0 bridgehead atoms. The number of fused-ring (bicyclic) bond motifs is 1. The molecule has 1 atom stereocenters. The molecule has 2 N–H and O–H groups in total. The van der Waals surface area contributed by atoms with Crippen molar-refractivity contribution >= 4 is 22.8 Å². The largest absolute Gasteiger partial charge is 0.368 e. The standard InChI is InChI=1S/C20H26N4O3/c25-19(22-14-9-10-14)13-24-16-6-2-1-5-15(16)23-18(24)8-3-11-21-20(26)17-7-4-12-27-17/h1-2,5-6,14,17H,3-4,7-13H2,(H,21,26)(H,22,25). The highest BCUT2D eigenvalue weighted by Crippen LogP contribution is 2.20. The topological polar surface area (TPSA) is 85.2 Å². The van der Waals surface area contributed by atoms with Crippen molar-refractivity contribution in [2.45, 2.75) is 57.2 Å². The Kier molecular flexibility index (Phi) is 5.38. The molecule has 144 valence electrons. The Balaban J connectivity index is 1.37. The highest BCUT2D eigenvalue weighted by atomic mass is 16.5. The molecule has 1 saturated heterocycles. The summed E-state index contributed by atoms with van der Waals surface area (Å²) in [5.74, 6) is 0.895. The Bertz CT molecular complexity index is 822. The molecule has 4 rings (SSSR count). The molecule has 7 heteroatoms. The number of hydrogen-bond acceptors (Lipinski definition) is 4. The molecule has 1 aromatic carbocycles. The van der Waals surface area contributed by atoms with Crippen LogP contribution < -0.4 is 10.6 Å². The third-order valence-corrected chi connectivity index (χ3v) is 5.08. The number of hydrogen-bond donors (Lipinski definition) is 2. The minimum atomic E-state index is -0.291. The highest BCUT2D eigenvalue weighted by molar-refractivity contribution is 5.82. The van der Waals surface area contributed by atoms with E-state index in [1.165, 1.54) is 0 Å². The van der Waals surface area contributed by atoms with Gasteiger partial charge in [0.15, 0.2) is 0 Å². The number of para-hydroxylation sites is 2. The predicted octanol–water partition coefficient (Wildman–Crippen LogP) is 1.54. The number of imidazole rings is 1. The first-order valence-electron chi connectivity index (χ1n) is 9.83. The van der Waals surface area contributed by atoms with E-state index in [0.29, 0.717) is 25.6 Å². The number of ether oxygens (including phenoxy) is 1. The van der Waals surface area contributed by atoms with Crippen molar-refractivity contribution in [2.24, 2.45) is 0 Å². The molecule has 2 fully saturated rings. The van der Waals surface area contributed by atoms with E-state index in [1.807, 2.05) is 28.8 Å². The average molecular weight is 370 g/mol. The van der Waals surface area contributed by atoms with Crippen LogP contribution in [0, 0.1) is 0 Å². The summed E-state index contributed by atoms with van der Waals surface area (Å²) in [6.07, 6.45) is 5.09. The zero-order valence-corrected chi connectivity index (χ0v) is 15.4. The number of carbonyl (C=O) groups excluding carboxylic acids is 2. The predicted molar refractivity (Wildman–Crippen MR) is 101 cm³/mol. The summed E-state index contributed by atoms with van der Waals surface area (Å²) >= 11 is 0. The summed E-state index contributed by atoms with van der Waals surface area (Å²) < 4.78 is 7.39. The Morgan fingerprint density at radius 2 is 2.07 bits per heavy atom. The maximum absolute atomic E-state index is 12.3. The monoisotopic (exact) mass is 370 g/mol. The molecule has 1 aromatic heterocycles. The molecule has 1 saturated carbocycles. The lowest BCUT2D eigenvalue weighted by Gasteiger charge is -2.11. The second-order valence-electron chi connectivity index (χ2n) is 7.34. The van der Waals surface area contributed by atoms with Crippen molar-refractivity contribution in [1.29, 1.82) is 0 Å². The Morgan fingerprint density at radius 1 is 1.22 bits per heavy atom. The molecule has 2 aliphatic rings. The van der Waals surface area contributed by atoms with Crippen molar-refractivity contribution in [3.63, 3.8) is 0 Å². The van der Waals surface area contributed by atoms with Crippen molar-refractivity contribution in [3.05, 3.63) is 30.1 Å². The fourth-order valence-corrected chi connectivity index (χ4v) is 3.49. The third kappa shape index (κ3) is 4.47. The average Bonchev–Trinajstić information content (AvgIpc) is 3.19. The number of aryl methyl sites for hydroxylation is 1. The van der Waals surface area contributed by atoms with Gasteiger partial charge in [-0.25, -0.2) is 4.98 Å². The Labute approximate surface area is 158 Å². The van der Waals surface area contributed by atoms with Gasteiger partial charge < -0.3 is 19.9 Å². The molecule has 27 heavy (non-hydrogen) atoms. The second-order valence-corrected chi connectivity index (χ2v) is 7.34.